The molecule has 5 aromatic heterocycles. The highest BCUT2D eigenvalue weighted by molar-refractivity contribution is 6.30. The molecular formula is C23H20ClN12. The maximum atomic E-state index is 6.57. The summed E-state index contributed by atoms with van der Waals surface area (Å²) in [4.78, 5) is 31.5. The molecule has 3 radical (unpaired) electrons. The summed E-state index contributed by atoms with van der Waals surface area (Å²) in [6.45, 7) is 2.68. The van der Waals surface area contributed by atoms with Gasteiger partial charge < -0.3 is 15.6 Å². The Morgan fingerprint density at radius 1 is 1.11 bits per heavy atom. The van der Waals surface area contributed by atoms with Crippen molar-refractivity contribution in [2.45, 2.75) is 19.3 Å². The Morgan fingerprint density at radius 3 is 2.75 bits per heavy atom. The van der Waals surface area contributed by atoms with Crippen molar-refractivity contribution in [2.24, 2.45) is 4.99 Å². The van der Waals surface area contributed by atoms with E-state index in [1.807, 2.05) is 36.4 Å². The maximum absolute atomic E-state index is 6.57. The Morgan fingerprint density at radius 2 is 1.94 bits per heavy atom. The van der Waals surface area contributed by atoms with E-state index in [0.717, 1.165) is 27.9 Å². The van der Waals surface area contributed by atoms with Gasteiger partial charge in [0.2, 0.25) is 0 Å². The van der Waals surface area contributed by atoms with Crippen LogP contribution in [0.5, 0.6) is 0 Å². The molecule has 12 nitrogen and oxygen atoms in total. The van der Waals surface area contributed by atoms with Gasteiger partial charge >= 0.3 is 0 Å². The number of halogens is 1. The monoisotopic (exact) mass is 499 g/mol. The summed E-state index contributed by atoms with van der Waals surface area (Å²) in [5.41, 5.74) is 10.5. The first-order valence-electron chi connectivity index (χ1n) is 11.0. The van der Waals surface area contributed by atoms with Crippen LogP contribution in [0, 0.1) is 0 Å². The zero-order valence-corrected chi connectivity index (χ0v) is 19.8. The van der Waals surface area contributed by atoms with E-state index in [1.54, 1.807) is 24.9 Å². The lowest BCUT2D eigenvalue weighted by Gasteiger charge is -2.18. The second-order valence-corrected chi connectivity index (χ2v) is 8.44. The molecular weight excluding hydrogens is 480 g/mol. The second kappa shape index (κ2) is 9.32. The molecule has 36 heavy (non-hydrogen) atoms. The zero-order valence-electron chi connectivity index (χ0n) is 19.1. The number of H-pyrrole nitrogens is 2. The third kappa shape index (κ3) is 3.91. The van der Waals surface area contributed by atoms with E-state index in [4.69, 9.17) is 17.3 Å². The Hall–Kier alpha value is -4.42. The van der Waals surface area contributed by atoms with Gasteiger partial charge in [0.05, 0.1) is 18.3 Å². The number of nitrogens with one attached hydrogen (secondary N) is 2. The molecule has 0 aliphatic carbocycles. The molecule has 0 amide bonds. The van der Waals surface area contributed by atoms with E-state index < -0.39 is 0 Å². The highest BCUT2D eigenvalue weighted by Crippen LogP contribution is 2.35. The van der Waals surface area contributed by atoms with E-state index in [0.29, 0.717) is 46.6 Å². The normalized spacial score (nSPS) is 13.9. The summed E-state index contributed by atoms with van der Waals surface area (Å²) in [6.07, 6.45) is 11.2. The van der Waals surface area contributed by atoms with Gasteiger partial charge in [-0.25, -0.2) is 24.9 Å². The predicted octanol–water partition coefficient (Wildman–Crippen LogP) is 3.35. The highest BCUT2D eigenvalue weighted by Gasteiger charge is 2.22. The van der Waals surface area contributed by atoms with Crippen LogP contribution in [0.15, 0.2) is 48.2 Å². The van der Waals surface area contributed by atoms with Crippen molar-refractivity contribution in [3.63, 3.8) is 0 Å². The largest absolute Gasteiger partial charge is 0.382 e. The van der Waals surface area contributed by atoms with Crippen molar-refractivity contribution < 1.29 is 0 Å². The minimum Gasteiger partial charge on any atom is -0.382 e. The number of nitrogens with zero attached hydrogens (tertiary/aromatic N) is 9. The summed E-state index contributed by atoms with van der Waals surface area (Å²) in [5.74, 6) is 1.46. The second-order valence-electron chi connectivity index (χ2n) is 8.08. The standard InChI is InChI=1S/C23H20ClN11.N/c1-2-14(21-31-19(25)17-22(32-21)30-11-29-17)15-7-12(9-27-18(15)24)13-8-16-20(28-10-13)33-34-23(16)35-5-3-26-4-6-35;/h3-5,7-11,14H,2,6H2,1H3,(H,28,33,34)(H3,25,29,30,31,32);. The van der Waals surface area contributed by atoms with Crippen LogP contribution in [0.4, 0.5) is 11.6 Å². The third-order valence-corrected chi connectivity index (χ3v) is 6.32. The van der Waals surface area contributed by atoms with E-state index in [-0.39, 0.29) is 12.1 Å². The Labute approximate surface area is 210 Å². The van der Waals surface area contributed by atoms with Crippen LogP contribution in [-0.2, 0) is 0 Å². The number of aliphatic imine (C=N–C) groups is 1. The number of imidazole rings is 1. The van der Waals surface area contributed by atoms with Crippen molar-refractivity contribution in [2.75, 3.05) is 17.2 Å². The summed E-state index contributed by atoms with van der Waals surface area (Å²) in [6, 6.07) is 4.05. The van der Waals surface area contributed by atoms with Crippen LogP contribution in [-0.4, -0.2) is 52.9 Å². The molecule has 1 aliphatic heterocycles. The van der Waals surface area contributed by atoms with Crippen LogP contribution >= 0.6 is 11.6 Å². The summed E-state index contributed by atoms with van der Waals surface area (Å²) in [7, 11) is 0. The SMILES string of the molecule is CCC(c1nc(N)c2nc[nH]c2n1)c1cc(-c2cnc3[nH]nc(N4C=CN=CC4)c3c2)cnc1Cl.[N]. The minimum absolute atomic E-state index is 0. The van der Waals surface area contributed by atoms with Gasteiger partial charge in [0.15, 0.2) is 22.9 Å². The van der Waals surface area contributed by atoms with Gasteiger partial charge in [-0.15, -0.1) is 0 Å². The van der Waals surface area contributed by atoms with Crippen LogP contribution in [0.1, 0.15) is 30.7 Å². The van der Waals surface area contributed by atoms with Gasteiger partial charge in [-0.3, -0.25) is 10.1 Å². The first-order chi connectivity index (χ1) is 17.1. The first-order valence-corrected chi connectivity index (χ1v) is 11.4. The Balaban J connectivity index is 0.00000267. The molecule has 13 heteroatoms. The highest BCUT2D eigenvalue weighted by atomic mass is 35.5. The number of fused-ring (bicyclic) bond motifs is 2. The molecule has 1 aliphatic rings. The minimum atomic E-state index is -0.205. The third-order valence-electron chi connectivity index (χ3n) is 6.00. The van der Waals surface area contributed by atoms with Crippen LogP contribution < -0.4 is 16.8 Å². The van der Waals surface area contributed by atoms with Crippen molar-refractivity contribution in [1.82, 2.24) is 46.3 Å². The van der Waals surface area contributed by atoms with Crippen LogP contribution in [0.3, 0.4) is 0 Å². The summed E-state index contributed by atoms with van der Waals surface area (Å²) in [5, 5.41) is 8.73. The van der Waals surface area contributed by atoms with Crippen LogP contribution in [0.25, 0.3) is 33.3 Å². The molecule has 1 atom stereocenters. The van der Waals surface area contributed by atoms with E-state index in [1.165, 1.54) is 0 Å². The fourth-order valence-corrected chi connectivity index (χ4v) is 4.48. The smallest absolute Gasteiger partial charge is 0.164 e. The number of nitrogen functional groups attached to an aromatic ring is 1. The number of anilines is 2. The topological polar surface area (TPSA) is 181 Å². The lowest BCUT2D eigenvalue weighted by molar-refractivity contribution is 0.720. The quantitative estimate of drug-likeness (QED) is 0.307. The van der Waals surface area contributed by atoms with E-state index >= 15 is 0 Å². The van der Waals surface area contributed by atoms with Crippen molar-refractivity contribution in [3.8, 4) is 11.1 Å². The zero-order chi connectivity index (χ0) is 23.9. The Bertz CT molecular complexity index is 1620. The fourth-order valence-electron chi connectivity index (χ4n) is 4.24. The van der Waals surface area contributed by atoms with Crippen molar-refractivity contribution in [1.29, 1.82) is 0 Å². The summed E-state index contributed by atoms with van der Waals surface area (Å²) >= 11 is 6.57. The van der Waals surface area contributed by atoms with Gasteiger partial charge in [0.1, 0.15) is 16.5 Å². The number of aromatic nitrogens is 8. The van der Waals surface area contributed by atoms with Gasteiger partial charge in [-0.1, -0.05) is 18.5 Å². The molecule has 6 heterocycles. The maximum Gasteiger partial charge on any atom is 0.164 e. The van der Waals surface area contributed by atoms with E-state index in [9.17, 15) is 0 Å². The molecule has 6 rings (SSSR count). The number of aromatic amines is 2. The van der Waals surface area contributed by atoms with Gasteiger partial charge in [-0.05, 0) is 18.6 Å². The number of hydrogen-bond donors (Lipinski definition) is 3. The lowest BCUT2D eigenvalue weighted by atomic mass is 9.94. The molecule has 0 saturated heterocycles. The number of pyridine rings is 2. The molecule has 0 bridgehead atoms. The molecule has 1 unspecified atom stereocenters. The number of rotatable bonds is 5. The molecule has 179 valence electrons. The van der Waals surface area contributed by atoms with Crippen LogP contribution in [0.2, 0.25) is 5.15 Å². The molecule has 0 aromatic carbocycles. The molecule has 5 aromatic rings. The molecule has 0 fully saturated rings. The first kappa shape index (κ1) is 23.3. The average Bonchev–Trinajstić information content (AvgIpc) is 3.53. The molecule has 0 saturated carbocycles. The van der Waals surface area contributed by atoms with E-state index in [2.05, 4.69) is 45.1 Å². The molecule has 0 spiro atoms. The Kier molecular flexibility index (Phi) is 6.04. The van der Waals surface area contributed by atoms with Crippen molar-refractivity contribution >= 4 is 51.6 Å². The lowest BCUT2D eigenvalue weighted by Crippen LogP contribution is -2.20. The van der Waals surface area contributed by atoms with Gasteiger partial charge in [0.25, 0.3) is 0 Å². The molecule has 4 N–H and O–H groups in total. The predicted molar refractivity (Wildman–Crippen MR) is 137 cm³/mol. The van der Waals surface area contributed by atoms with Gasteiger partial charge in [0, 0.05) is 59.8 Å². The summed E-state index contributed by atoms with van der Waals surface area (Å²) < 4.78 is 0. The fraction of sp³-hybridized carbons (Fsp3) is 0.174. The van der Waals surface area contributed by atoms with Crippen molar-refractivity contribution in [3.05, 3.63) is 59.8 Å². The average molecular weight is 500 g/mol. The number of hydrogen-bond acceptors (Lipinski definition) is 9. The van der Waals surface area contributed by atoms with Gasteiger partial charge in [-0.2, -0.15) is 5.10 Å². The number of nitrogens with two attached hydrogens (primary N) is 1.